The molecule has 0 aromatic carbocycles. The molecule has 0 spiro atoms. The van der Waals surface area contributed by atoms with Crippen molar-refractivity contribution in [3.05, 3.63) is 64.9 Å². The number of aromatic nitrogens is 7. The minimum absolute atomic E-state index is 0.266. The predicted octanol–water partition coefficient (Wildman–Crippen LogP) is 3.51. The van der Waals surface area contributed by atoms with Crippen LogP contribution in [0.4, 0.5) is 0 Å². The topological polar surface area (TPSA) is 104 Å². The Bertz CT molecular complexity index is 1280. The van der Waals surface area contributed by atoms with Crippen molar-refractivity contribution in [3.8, 4) is 28.6 Å². The van der Waals surface area contributed by atoms with Gasteiger partial charge in [0.2, 0.25) is 0 Å². The van der Waals surface area contributed by atoms with Crippen LogP contribution in [-0.4, -0.2) is 34.5 Å². The lowest BCUT2D eigenvalue weighted by atomic mass is 10.1. The van der Waals surface area contributed by atoms with E-state index in [1.54, 1.807) is 35.3 Å². The van der Waals surface area contributed by atoms with E-state index in [1.165, 1.54) is 17.5 Å². The quantitative estimate of drug-likeness (QED) is 0.533. The van der Waals surface area contributed by atoms with Crippen LogP contribution >= 0.6 is 0 Å². The second-order valence-electron chi connectivity index (χ2n) is 7.84. The summed E-state index contributed by atoms with van der Waals surface area (Å²) in [5, 5.41) is 8.68. The lowest BCUT2D eigenvalue weighted by Gasteiger charge is -2.10. The van der Waals surface area contributed by atoms with E-state index in [9.17, 15) is 4.79 Å². The second kappa shape index (κ2) is 7.82. The van der Waals surface area contributed by atoms with Crippen LogP contribution in [-0.2, 0) is 7.05 Å². The van der Waals surface area contributed by atoms with E-state index < -0.39 is 0 Å². The van der Waals surface area contributed by atoms with Gasteiger partial charge in [-0.15, -0.1) is 5.10 Å². The van der Waals surface area contributed by atoms with Crippen LogP contribution in [0.2, 0.25) is 0 Å². The molecule has 4 heterocycles. The number of aromatic amines is 1. The highest BCUT2D eigenvalue weighted by atomic mass is 16.5. The summed E-state index contributed by atoms with van der Waals surface area (Å²) >= 11 is 0. The third kappa shape index (κ3) is 3.86. The van der Waals surface area contributed by atoms with Gasteiger partial charge in [0, 0.05) is 37.0 Å². The molecule has 0 atom stereocenters. The van der Waals surface area contributed by atoms with E-state index in [0.29, 0.717) is 28.9 Å². The molecule has 0 unspecified atom stereocenters. The molecule has 4 aromatic heterocycles. The Morgan fingerprint density at radius 1 is 1.19 bits per heavy atom. The van der Waals surface area contributed by atoms with Gasteiger partial charge in [0.25, 0.3) is 0 Å². The van der Waals surface area contributed by atoms with E-state index in [0.717, 1.165) is 29.9 Å². The highest BCUT2D eigenvalue weighted by Gasteiger charge is 2.22. The Morgan fingerprint density at radius 3 is 2.77 bits per heavy atom. The molecule has 1 fully saturated rings. The summed E-state index contributed by atoms with van der Waals surface area (Å²) in [6, 6.07) is 7.19. The van der Waals surface area contributed by atoms with Crippen molar-refractivity contribution in [1.29, 1.82) is 0 Å². The van der Waals surface area contributed by atoms with E-state index >= 15 is 0 Å². The average molecular weight is 417 g/mol. The fourth-order valence-corrected chi connectivity index (χ4v) is 3.95. The molecule has 9 nitrogen and oxygen atoms in total. The number of rotatable bonds is 5. The summed E-state index contributed by atoms with van der Waals surface area (Å²) in [6.07, 6.45) is 9.85. The molecule has 0 saturated heterocycles. The van der Waals surface area contributed by atoms with Crippen LogP contribution in [0.25, 0.3) is 17.1 Å². The maximum atomic E-state index is 12.4. The van der Waals surface area contributed by atoms with Crippen LogP contribution in [0.1, 0.15) is 43.1 Å². The SMILES string of the molecule is Cc1nc(-n2nc(C3CCCC3)[nH]c2=O)ccc1Oc1ccnc(-c2cnn(C)c2)c1. The summed E-state index contributed by atoms with van der Waals surface area (Å²) in [7, 11) is 1.86. The van der Waals surface area contributed by atoms with Crippen molar-refractivity contribution in [1.82, 2.24) is 34.5 Å². The smallest absolute Gasteiger partial charge is 0.349 e. The van der Waals surface area contributed by atoms with E-state index in [2.05, 4.69) is 25.1 Å². The van der Waals surface area contributed by atoms with Crippen molar-refractivity contribution in [2.24, 2.45) is 7.05 Å². The molecule has 5 rings (SSSR count). The molecule has 4 aromatic rings. The Hall–Kier alpha value is -3.75. The number of hydrogen-bond acceptors (Lipinski definition) is 6. The number of nitrogens with one attached hydrogen (secondary N) is 1. The first-order chi connectivity index (χ1) is 15.1. The van der Waals surface area contributed by atoms with Crippen molar-refractivity contribution in [2.75, 3.05) is 0 Å². The summed E-state index contributed by atoms with van der Waals surface area (Å²) in [4.78, 5) is 24.2. The maximum absolute atomic E-state index is 12.4. The van der Waals surface area contributed by atoms with Crippen LogP contribution in [0.5, 0.6) is 11.5 Å². The standard InChI is InChI=1S/C22H23N7O2/c1-14-19(31-17-9-10-23-18(11-17)16-12-24-28(2)13-16)7-8-20(25-14)29-22(30)26-21(27-29)15-5-3-4-6-15/h7-13,15H,3-6H2,1-2H3,(H,26,27,30). The number of aryl methyl sites for hydroxylation is 2. The second-order valence-corrected chi connectivity index (χ2v) is 7.84. The van der Waals surface area contributed by atoms with Gasteiger partial charge < -0.3 is 4.74 Å². The van der Waals surface area contributed by atoms with Crippen LogP contribution < -0.4 is 10.4 Å². The Labute approximate surface area is 178 Å². The Balaban J connectivity index is 1.39. The van der Waals surface area contributed by atoms with E-state index in [-0.39, 0.29) is 5.69 Å². The van der Waals surface area contributed by atoms with Gasteiger partial charge in [0.1, 0.15) is 17.3 Å². The van der Waals surface area contributed by atoms with Gasteiger partial charge in [0.15, 0.2) is 5.82 Å². The van der Waals surface area contributed by atoms with Crippen LogP contribution in [0.3, 0.4) is 0 Å². The van der Waals surface area contributed by atoms with Crippen molar-refractivity contribution in [2.45, 2.75) is 38.5 Å². The van der Waals surface area contributed by atoms with Gasteiger partial charge in [-0.25, -0.2) is 9.78 Å². The molecule has 0 amide bonds. The number of hydrogen-bond donors (Lipinski definition) is 1. The summed E-state index contributed by atoms with van der Waals surface area (Å²) in [5.74, 6) is 2.81. The van der Waals surface area contributed by atoms with E-state index in [4.69, 9.17) is 4.74 Å². The van der Waals surface area contributed by atoms with Gasteiger partial charge in [-0.2, -0.15) is 9.78 Å². The highest BCUT2D eigenvalue weighted by molar-refractivity contribution is 5.58. The fourth-order valence-electron chi connectivity index (χ4n) is 3.95. The Kier molecular flexibility index (Phi) is 4.85. The van der Waals surface area contributed by atoms with Gasteiger partial charge in [-0.1, -0.05) is 12.8 Å². The summed E-state index contributed by atoms with van der Waals surface area (Å²) in [6.45, 7) is 1.84. The molecule has 0 radical (unpaired) electrons. The fraction of sp³-hybridized carbons (Fsp3) is 0.318. The average Bonchev–Trinajstić information content (AvgIpc) is 3.51. The molecule has 158 valence electrons. The normalized spacial score (nSPS) is 14.3. The highest BCUT2D eigenvalue weighted by Crippen LogP contribution is 2.32. The number of H-pyrrole nitrogens is 1. The molecule has 1 aliphatic carbocycles. The third-order valence-corrected chi connectivity index (χ3v) is 5.58. The molecule has 1 aliphatic rings. The maximum Gasteiger partial charge on any atom is 0.349 e. The number of ether oxygens (including phenoxy) is 1. The van der Waals surface area contributed by atoms with Crippen molar-refractivity contribution >= 4 is 0 Å². The predicted molar refractivity (Wildman–Crippen MR) is 114 cm³/mol. The molecule has 9 heteroatoms. The Morgan fingerprint density at radius 2 is 2.03 bits per heavy atom. The van der Waals surface area contributed by atoms with Gasteiger partial charge in [-0.3, -0.25) is 14.6 Å². The van der Waals surface area contributed by atoms with Crippen LogP contribution in [0, 0.1) is 6.92 Å². The summed E-state index contributed by atoms with van der Waals surface area (Å²) in [5.41, 5.74) is 2.08. The van der Waals surface area contributed by atoms with Crippen LogP contribution in [0.15, 0.2) is 47.7 Å². The van der Waals surface area contributed by atoms with Gasteiger partial charge in [-0.05, 0) is 38.0 Å². The molecule has 1 N–H and O–H groups in total. The summed E-state index contributed by atoms with van der Waals surface area (Å²) < 4.78 is 9.10. The van der Waals surface area contributed by atoms with E-state index in [1.807, 2.05) is 26.2 Å². The number of nitrogens with zero attached hydrogens (tertiary/aromatic N) is 6. The molecular formula is C22H23N7O2. The van der Waals surface area contributed by atoms with Gasteiger partial charge in [0.05, 0.1) is 17.6 Å². The first-order valence-corrected chi connectivity index (χ1v) is 10.4. The minimum Gasteiger partial charge on any atom is -0.455 e. The van der Waals surface area contributed by atoms with Crippen molar-refractivity contribution in [3.63, 3.8) is 0 Å². The first-order valence-electron chi connectivity index (χ1n) is 10.4. The minimum atomic E-state index is -0.266. The third-order valence-electron chi connectivity index (χ3n) is 5.58. The molecule has 1 saturated carbocycles. The van der Waals surface area contributed by atoms with Gasteiger partial charge >= 0.3 is 5.69 Å². The van der Waals surface area contributed by atoms with Crippen molar-refractivity contribution < 1.29 is 4.74 Å². The first kappa shape index (κ1) is 19.2. The lowest BCUT2D eigenvalue weighted by molar-refractivity contribution is 0.474. The monoisotopic (exact) mass is 417 g/mol. The molecule has 0 bridgehead atoms. The zero-order valence-corrected chi connectivity index (χ0v) is 17.4. The zero-order chi connectivity index (χ0) is 21.4. The molecule has 0 aliphatic heterocycles. The molecular weight excluding hydrogens is 394 g/mol. The largest absolute Gasteiger partial charge is 0.455 e. The number of pyridine rings is 2. The molecule has 31 heavy (non-hydrogen) atoms. The lowest BCUT2D eigenvalue weighted by Crippen LogP contribution is -2.17. The zero-order valence-electron chi connectivity index (χ0n) is 17.4.